The number of rotatable bonds is 3. The molecule has 1 atom stereocenters. The van der Waals surface area contributed by atoms with Crippen LogP contribution in [0.25, 0.3) is 0 Å². The molecule has 1 unspecified atom stereocenters. The topological polar surface area (TPSA) is 52.6 Å². The van der Waals surface area contributed by atoms with Crippen molar-refractivity contribution in [1.82, 2.24) is 10.2 Å². The Hall–Kier alpha value is -1.76. The van der Waals surface area contributed by atoms with E-state index >= 15 is 0 Å². The number of β-amino-alcohol motifs (C(OH)–C–C–N with tert-alkyl or cyclic N) is 1. The van der Waals surface area contributed by atoms with Crippen LogP contribution in [0.4, 0.5) is 18.0 Å². The molecular weight excluding hydrogens is 273 g/mol. The predicted molar refractivity (Wildman–Crippen MR) is 66.2 cm³/mol. The van der Waals surface area contributed by atoms with Gasteiger partial charge in [-0.05, 0) is 11.6 Å². The summed E-state index contributed by atoms with van der Waals surface area (Å²) in [4.78, 5) is 12.9. The molecule has 2 N–H and O–H groups in total. The first kappa shape index (κ1) is 14.6. The number of alkyl halides is 3. The fourth-order valence-electron chi connectivity index (χ4n) is 2.24. The van der Waals surface area contributed by atoms with Crippen LogP contribution in [0.15, 0.2) is 24.3 Å². The molecule has 0 spiro atoms. The lowest BCUT2D eigenvalue weighted by Crippen LogP contribution is -2.50. The molecule has 0 saturated carbocycles. The van der Waals surface area contributed by atoms with E-state index in [9.17, 15) is 18.0 Å². The molecule has 1 saturated heterocycles. The fourth-order valence-corrected chi connectivity index (χ4v) is 2.24. The molecule has 0 radical (unpaired) electrons. The number of aliphatic hydroxyl groups is 1. The van der Waals surface area contributed by atoms with Gasteiger partial charge in [-0.3, -0.25) is 0 Å². The molecule has 110 valence electrons. The Labute approximate surface area is 114 Å². The molecule has 1 fully saturated rings. The Kier molecular flexibility index (Phi) is 4.17. The molecule has 1 aromatic carbocycles. The number of halogens is 3. The summed E-state index contributed by atoms with van der Waals surface area (Å²) in [7, 11) is 0. The van der Waals surface area contributed by atoms with E-state index in [0.29, 0.717) is 18.7 Å². The lowest BCUT2D eigenvalue weighted by molar-refractivity contribution is -0.137. The average molecular weight is 288 g/mol. The quantitative estimate of drug-likeness (QED) is 0.891. The van der Waals surface area contributed by atoms with Crippen LogP contribution >= 0.6 is 0 Å². The van der Waals surface area contributed by atoms with E-state index < -0.39 is 11.7 Å². The molecule has 1 aliphatic rings. The van der Waals surface area contributed by atoms with Crippen LogP contribution in [-0.4, -0.2) is 42.3 Å². The maximum Gasteiger partial charge on any atom is 0.416 e. The van der Waals surface area contributed by atoms with Gasteiger partial charge in [-0.1, -0.05) is 18.2 Å². The maximum absolute atomic E-state index is 12.7. The molecule has 0 aliphatic carbocycles. The van der Waals surface area contributed by atoms with Crippen LogP contribution < -0.4 is 5.32 Å². The van der Waals surface area contributed by atoms with Gasteiger partial charge < -0.3 is 15.3 Å². The van der Waals surface area contributed by atoms with Crippen molar-refractivity contribution in [3.63, 3.8) is 0 Å². The first-order chi connectivity index (χ1) is 9.41. The van der Waals surface area contributed by atoms with Crippen molar-refractivity contribution in [3.8, 4) is 0 Å². The zero-order valence-electron chi connectivity index (χ0n) is 10.7. The van der Waals surface area contributed by atoms with Gasteiger partial charge in [0.1, 0.15) is 0 Å². The summed E-state index contributed by atoms with van der Waals surface area (Å²) in [6.45, 7) is 0.583. The van der Waals surface area contributed by atoms with Crippen molar-refractivity contribution < 1.29 is 23.1 Å². The van der Waals surface area contributed by atoms with E-state index in [2.05, 4.69) is 5.32 Å². The normalized spacial score (nSPS) is 19.9. The molecular formula is C13H15F3N2O2. The summed E-state index contributed by atoms with van der Waals surface area (Å²) >= 11 is 0. The highest BCUT2D eigenvalue weighted by atomic mass is 19.4. The van der Waals surface area contributed by atoms with Crippen LogP contribution in [0.2, 0.25) is 0 Å². The van der Waals surface area contributed by atoms with Crippen LogP contribution in [0.5, 0.6) is 0 Å². The standard InChI is InChI=1S/C13H15F3N2O2/c14-13(15,16)11-3-1-2-9(6-11)10-7-17-12(20)18(8-10)4-5-19/h1-3,6,10,19H,4-5,7-8H2,(H,17,20). The second-order valence-electron chi connectivity index (χ2n) is 4.68. The minimum Gasteiger partial charge on any atom is -0.395 e. The minimum absolute atomic E-state index is 0.168. The van der Waals surface area contributed by atoms with Gasteiger partial charge in [0.05, 0.1) is 12.2 Å². The number of carbonyl (C=O) groups is 1. The van der Waals surface area contributed by atoms with Crippen molar-refractivity contribution >= 4 is 6.03 Å². The summed E-state index contributed by atoms with van der Waals surface area (Å²) in [5.41, 5.74) is -0.164. The smallest absolute Gasteiger partial charge is 0.395 e. The Morgan fingerprint density at radius 1 is 1.40 bits per heavy atom. The molecule has 2 rings (SSSR count). The first-order valence-corrected chi connectivity index (χ1v) is 6.22. The highest BCUT2D eigenvalue weighted by Gasteiger charge is 2.32. The number of urea groups is 1. The number of hydrogen-bond donors (Lipinski definition) is 2. The predicted octanol–water partition coefficient (Wildman–Crippen LogP) is 1.81. The second-order valence-corrected chi connectivity index (χ2v) is 4.68. The fraction of sp³-hybridized carbons (Fsp3) is 0.462. The van der Waals surface area contributed by atoms with E-state index in [-0.39, 0.29) is 25.1 Å². The summed E-state index contributed by atoms with van der Waals surface area (Å²) in [5, 5.41) is 11.5. The Bertz CT molecular complexity index is 491. The zero-order chi connectivity index (χ0) is 14.8. The van der Waals surface area contributed by atoms with E-state index in [1.165, 1.54) is 11.0 Å². The summed E-state index contributed by atoms with van der Waals surface area (Å²) in [6, 6.07) is 4.82. The van der Waals surface area contributed by atoms with Gasteiger partial charge in [-0.15, -0.1) is 0 Å². The third-order valence-electron chi connectivity index (χ3n) is 3.28. The van der Waals surface area contributed by atoms with E-state index in [1.54, 1.807) is 6.07 Å². The van der Waals surface area contributed by atoms with E-state index in [4.69, 9.17) is 5.11 Å². The van der Waals surface area contributed by atoms with Crippen molar-refractivity contribution in [2.45, 2.75) is 12.1 Å². The monoisotopic (exact) mass is 288 g/mol. The first-order valence-electron chi connectivity index (χ1n) is 6.22. The van der Waals surface area contributed by atoms with Crippen LogP contribution in [0.3, 0.4) is 0 Å². The van der Waals surface area contributed by atoms with Gasteiger partial charge in [-0.2, -0.15) is 13.2 Å². The van der Waals surface area contributed by atoms with Crippen molar-refractivity contribution in [3.05, 3.63) is 35.4 Å². The zero-order valence-corrected chi connectivity index (χ0v) is 10.7. The molecule has 1 aromatic rings. The molecule has 20 heavy (non-hydrogen) atoms. The van der Waals surface area contributed by atoms with Crippen LogP contribution in [-0.2, 0) is 6.18 Å². The largest absolute Gasteiger partial charge is 0.416 e. The number of carbonyl (C=O) groups excluding carboxylic acids is 1. The Morgan fingerprint density at radius 3 is 2.80 bits per heavy atom. The number of amides is 2. The molecule has 1 heterocycles. The SMILES string of the molecule is O=C1NCC(c2cccc(C(F)(F)F)c2)CN1CCO. The summed E-state index contributed by atoms with van der Waals surface area (Å²) in [5.74, 6) is -0.221. The molecule has 1 aliphatic heterocycles. The lowest BCUT2D eigenvalue weighted by atomic mass is 9.95. The van der Waals surface area contributed by atoms with Crippen molar-refractivity contribution in [2.24, 2.45) is 0 Å². The number of nitrogens with one attached hydrogen (secondary N) is 1. The Morgan fingerprint density at radius 2 is 2.15 bits per heavy atom. The summed E-state index contributed by atoms with van der Waals surface area (Å²) < 4.78 is 38.0. The second kappa shape index (κ2) is 5.70. The molecule has 4 nitrogen and oxygen atoms in total. The van der Waals surface area contributed by atoms with E-state index in [1.807, 2.05) is 0 Å². The van der Waals surface area contributed by atoms with Crippen LogP contribution in [0.1, 0.15) is 17.0 Å². The lowest BCUT2D eigenvalue weighted by Gasteiger charge is -2.33. The summed E-state index contributed by atoms with van der Waals surface area (Å²) in [6.07, 6.45) is -4.38. The van der Waals surface area contributed by atoms with Crippen molar-refractivity contribution in [2.75, 3.05) is 26.2 Å². The van der Waals surface area contributed by atoms with E-state index in [0.717, 1.165) is 12.1 Å². The maximum atomic E-state index is 12.7. The van der Waals surface area contributed by atoms with Gasteiger partial charge >= 0.3 is 12.2 Å². The molecule has 0 aromatic heterocycles. The number of benzene rings is 1. The van der Waals surface area contributed by atoms with Gasteiger partial charge in [0, 0.05) is 25.6 Å². The highest BCUT2D eigenvalue weighted by Crippen LogP contribution is 2.31. The number of hydrogen-bond acceptors (Lipinski definition) is 2. The van der Waals surface area contributed by atoms with Gasteiger partial charge in [0.15, 0.2) is 0 Å². The van der Waals surface area contributed by atoms with Gasteiger partial charge in [0.2, 0.25) is 0 Å². The number of nitrogens with zero attached hydrogens (tertiary/aromatic N) is 1. The van der Waals surface area contributed by atoms with Crippen molar-refractivity contribution in [1.29, 1.82) is 0 Å². The molecule has 2 amide bonds. The van der Waals surface area contributed by atoms with Gasteiger partial charge in [-0.25, -0.2) is 4.79 Å². The van der Waals surface area contributed by atoms with Gasteiger partial charge in [0.25, 0.3) is 0 Å². The third kappa shape index (κ3) is 3.22. The molecule has 7 heteroatoms. The van der Waals surface area contributed by atoms with Crippen LogP contribution in [0, 0.1) is 0 Å². The highest BCUT2D eigenvalue weighted by molar-refractivity contribution is 5.75. The third-order valence-corrected chi connectivity index (χ3v) is 3.28. The number of aliphatic hydroxyl groups excluding tert-OH is 1. The minimum atomic E-state index is -4.38. The molecule has 0 bridgehead atoms. The average Bonchev–Trinajstić information content (AvgIpc) is 2.41. The Balaban J connectivity index is 2.17.